The third-order valence-electron chi connectivity index (χ3n) is 2.99. The fourth-order valence-corrected chi connectivity index (χ4v) is 4.37. The quantitative estimate of drug-likeness (QED) is 0.786. The minimum absolute atomic E-state index is 0.00938. The van der Waals surface area contributed by atoms with Crippen molar-refractivity contribution in [2.75, 3.05) is 24.8 Å². The van der Waals surface area contributed by atoms with Gasteiger partial charge in [0.1, 0.15) is 0 Å². The minimum atomic E-state index is -3.49. The van der Waals surface area contributed by atoms with Crippen LogP contribution in [0, 0.1) is 0 Å². The maximum absolute atomic E-state index is 12.5. The second-order valence-electron chi connectivity index (χ2n) is 4.22. The Morgan fingerprint density at radius 3 is 2.58 bits per heavy atom. The van der Waals surface area contributed by atoms with E-state index in [4.69, 9.17) is 5.73 Å². The molecule has 2 N–H and O–H groups in total. The number of sulfonamides is 1. The highest BCUT2D eigenvalue weighted by atomic mass is 79.9. The molecule has 0 aliphatic carbocycles. The molecule has 0 bridgehead atoms. The van der Waals surface area contributed by atoms with E-state index in [9.17, 15) is 8.42 Å². The second-order valence-corrected chi connectivity index (χ2v) is 7.98. The van der Waals surface area contributed by atoms with Crippen molar-refractivity contribution in [2.24, 2.45) is 0 Å². The van der Waals surface area contributed by atoms with Gasteiger partial charge in [-0.2, -0.15) is 16.1 Å². The zero-order valence-corrected chi connectivity index (χ0v) is 14.5. The number of nitrogens with zero attached hydrogens (tertiary/aromatic N) is 1. The zero-order valence-electron chi connectivity index (χ0n) is 11.3. The van der Waals surface area contributed by atoms with Gasteiger partial charge >= 0.3 is 0 Å². The number of nitrogens with two attached hydrogens (primary N) is 1. The minimum Gasteiger partial charge on any atom is -0.398 e. The molecular weight excluding hydrogens is 348 g/mol. The van der Waals surface area contributed by atoms with Crippen molar-refractivity contribution in [3.63, 3.8) is 0 Å². The maximum atomic E-state index is 12.5. The molecule has 0 aromatic heterocycles. The summed E-state index contributed by atoms with van der Waals surface area (Å²) >= 11 is 4.91. The van der Waals surface area contributed by atoms with Gasteiger partial charge in [0.2, 0.25) is 10.0 Å². The molecule has 1 rings (SSSR count). The Labute approximate surface area is 127 Å². The molecule has 19 heavy (non-hydrogen) atoms. The van der Waals surface area contributed by atoms with E-state index >= 15 is 0 Å². The lowest BCUT2D eigenvalue weighted by Gasteiger charge is -2.26. The van der Waals surface area contributed by atoms with Gasteiger partial charge in [0, 0.05) is 29.0 Å². The largest absolute Gasteiger partial charge is 0.398 e. The first kappa shape index (κ1) is 16.8. The molecule has 0 spiro atoms. The number of benzene rings is 1. The zero-order chi connectivity index (χ0) is 14.6. The van der Waals surface area contributed by atoms with Crippen LogP contribution in [0.25, 0.3) is 0 Å². The summed E-state index contributed by atoms with van der Waals surface area (Å²) in [7, 11) is -1.87. The highest BCUT2D eigenvalue weighted by molar-refractivity contribution is 9.10. The molecule has 4 nitrogen and oxygen atoms in total. The van der Waals surface area contributed by atoms with E-state index in [1.807, 2.05) is 13.2 Å². The Kier molecular flexibility index (Phi) is 6.16. The van der Waals surface area contributed by atoms with Crippen LogP contribution in [0.5, 0.6) is 0 Å². The summed E-state index contributed by atoms with van der Waals surface area (Å²) in [5, 5.41) is 0. The Morgan fingerprint density at radius 2 is 2.11 bits per heavy atom. The van der Waals surface area contributed by atoms with Gasteiger partial charge in [-0.25, -0.2) is 8.42 Å². The van der Waals surface area contributed by atoms with Gasteiger partial charge in [0.25, 0.3) is 0 Å². The van der Waals surface area contributed by atoms with Crippen LogP contribution in [-0.4, -0.2) is 37.8 Å². The van der Waals surface area contributed by atoms with Gasteiger partial charge in [-0.05, 0) is 46.8 Å². The first-order valence-electron chi connectivity index (χ1n) is 5.86. The van der Waals surface area contributed by atoms with Crippen molar-refractivity contribution < 1.29 is 8.42 Å². The predicted octanol–water partition coefficient (Wildman–Crippen LogP) is 2.79. The van der Waals surface area contributed by atoms with Gasteiger partial charge < -0.3 is 5.73 Å². The van der Waals surface area contributed by atoms with Crippen molar-refractivity contribution in [2.45, 2.75) is 24.3 Å². The fourth-order valence-electron chi connectivity index (χ4n) is 1.72. The molecule has 7 heteroatoms. The first-order valence-corrected chi connectivity index (χ1v) is 9.49. The summed E-state index contributed by atoms with van der Waals surface area (Å²) in [4.78, 5) is 0.232. The average molecular weight is 367 g/mol. The van der Waals surface area contributed by atoms with Crippen molar-refractivity contribution in [1.82, 2.24) is 4.31 Å². The van der Waals surface area contributed by atoms with Crippen LogP contribution in [-0.2, 0) is 10.0 Å². The summed E-state index contributed by atoms with van der Waals surface area (Å²) in [6.45, 7) is 1.99. The van der Waals surface area contributed by atoms with E-state index in [-0.39, 0.29) is 10.9 Å². The van der Waals surface area contributed by atoms with Crippen molar-refractivity contribution in [3.05, 3.63) is 22.7 Å². The normalized spacial score (nSPS) is 13.7. The highest BCUT2D eigenvalue weighted by Gasteiger charge is 2.27. The summed E-state index contributed by atoms with van der Waals surface area (Å²) in [5.74, 6) is 0.776. The van der Waals surface area contributed by atoms with Crippen LogP contribution < -0.4 is 5.73 Å². The summed E-state index contributed by atoms with van der Waals surface area (Å²) in [6.07, 6.45) is 2.75. The molecule has 1 atom stereocenters. The van der Waals surface area contributed by atoms with Crippen LogP contribution in [0.1, 0.15) is 13.3 Å². The molecule has 108 valence electrons. The molecule has 0 fully saturated rings. The van der Waals surface area contributed by atoms with E-state index in [1.54, 1.807) is 30.9 Å². The lowest BCUT2D eigenvalue weighted by atomic mass is 10.3. The number of nitrogen functional groups attached to an aromatic ring is 1. The Bertz CT molecular complexity index is 535. The van der Waals surface area contributed by atoms with E-state index in [1.165, 1.54) is 10.4 Å². The Hall–Kier alpha value is -0.240. The molecule has 1 unspecified atom stereocenters. The maximum Gasteiger partial charge on any atom is 0.243 e. The molecule has 1 aromatic rings. The number of anilines is 1. The molecule has 0 saturated carbocycles. The average Bonchev–Trinajstić information content (AvgIpc) is 2.38. The van der Waals surface area contributed by atoms with Crippen molar-refractivity contribution >= 4 is 43.4 Å². The van der Waals surface area contributed by atoms with Gasteiger partial charge in [-0.3, -0.25) is 0 Å². The van der Waals surface area contributed by atoms with Crippen LogP contribution in [0.15, 0.2) is 27.6 Å². The monoisotopic (exact) mass is 366 g/mol. The molecule has 0 saturated heterocycles. The lowest BCUT2D eigenvalue weighted by molar-refractivity contribution is 0.385. The standard InChI is InChI=1S/C12H19BrN2O2S2/c1-4-9(8-18-3)15(2)19(16,17)10-5-6-11(13)12(14)7-10/h5-7,9H,4,8,14H2,1-3H3. The van der Waals surface area contributed by atoms with Crippen LogP contribution >= 0.6 is 27.7 Å². The summed E-state index contributed by atoms with van der Waals surface area (Å²) in [5.41, 5.74) is 6.17. The molecule has 0 aliphatic rings. The molecule has 0 heterocycles. The van der Waals surface area contributed by atoms with E-state index in [0.717, 1.165) is 12.2 Å². The SMILES string of the molecule is CCC(CSC)N(C)S(=O)(=O)c1ccc(Br)c(N)c1. The van der Waals surface area contributed by atoms with Gasteiger partial charge in [0.15, 0.2) is 0 Å². The molecular formula is C12H19BrN2O2S2. The number of rotatable bonds is 6. The van der Waals surface area contributed by atoms with Crippen LogP contribution in [0.3, 0.4) is 0 Å². The Morgan fingerprint density at radius 1 is 1.47 bits per heavy atom. The first-order chi connectivity index (χ1) is 8.84. The van der Waals surface area contributed by atoms with Crippen LogP contribution in [0.4, 0.5) is 5.69 Å². The summed E-state index contributed by atoms with van der Waals surface area (Å²) < 4.78 is 27.2. The second kappa shape index (κ2) is 6.97. The van der Waals surface area contributed by atoms with E-state index in [2.05, 4.69) is 15.9 Å². The fraction of sp³-hybridized carbons (Fsp3) is 0.500. The molecule has 1 aromatic carbocycles. The van der Waals surface area contributed by atoms with Gasteiger partial charge in [-0.15, -0.1) is 0 Å². The molecule has 0 amide bonds. The lowest BCUT2D eigenvalue weighted by Crippen LogP contribution is -2.38. The Balaban J connectivity index is 3.11. The molecule has 0 radical (unpaired) electrons. The highest BCUT2D eigenvalue weighted by Crippen LogP contribution is 2.26. The smallest absolute Gasteiger partial charge is 0.243 e. The molecule has 0 aliphatic heterocycles. The third kappa shape index (κ3) is 3.87. The topological polar surface area (TPSA) is 63.4 Å². The van der Waals surface area contributed by atoms with Crippen LogP contribution in [0.2, 0.25) is 0 Å². The van der Waals surface area contributed by atoms with E-state index in [0.29, 0.717) is 10.2 Å². The van der Waals surface area contributed by atoms with Crippen molar-refractivity contribution in [1.29, 1.82) is 0 Å². The van der Waals surface area contributed by atoms with E-state index < -0.39 is 10.0 Å². The van der Waals surface area contributed by atoms with Gasteiger partial charge in [-0.1, -0.05) is 6.92 Å². The number of hydrogen-bond donors (Lipinski definition) is 1. The van der Waals surface area contributed by atoms with Gasteiger partial charge in [0.05, 0.1) is 4.90 Å². The number of hydrogen-bond acceptors (Lipinski definition) is 4. The number of thioether (sulfide) groups is 1. The van der Waals surface area contributed by atoms with Crippen molar-refractivity contribution in [3.8, 4) is 0 Å². The third-order valence-corrected chi connectivity index (χ3v) is 6.34. The predicted molar refractivity (Wildman–Crippen MR) is 86.0 cm³/mol. The summed E-state index contributed by atoms with van der Waals surface area (Å²) in [6, 6.07) is 4.70. The number of halogens is 1.